The number of para-hydroxylation sites is 1. The Morgan fingerprint density at radius 3 is 2.28 bits per heavy atom. The van der Waals surface area contributed by atoms with Gasteiger partial charge in [0.15, 0.2) is 5.11 Å². The highest BCUT2D eigenvalue weighted by molar-refractivity contribution is 7.80. The van der Waals surface area contributed by atoms with Crippen molar-refractivity contribution in [1.82, 2.24) is 15.1 Å². The fourth-order valence-corrected chi connectivity index (χ4v) is 3.70. The summed E-state index contributed by atoms with van der Waals surface area (Å²) in [4.78, 5) is 29.3. The van der Waals surface area contributed by atoms with E-state index in [4.69, 9.17) is 35.4 Å². The lowest BCUT2D eigenvalue weighted by atomic mass is 10.1. The van der Waals surface area contributed by atoms with Gasteiger partial charge >= 0.3 is 0 Å². The summed E-state index contributed by atoms with van der Waals surface area (Å²) in [5.74, 6) is -0.522. The SMILES string of the molecule is CN1CCN(C(=O)c2ccccc2NC(=S)NC(=O)c2cc(Cl)cc(Cl)c2)CC1. The first kappa shape index (κ1) is 21.5. The fraction of sp³-hybridized carbons (Fsp3) is 0.250. The zero-order chi connectivity index (χ0) is 21.0. The van der Waals surface area contributed by atoms with Crippen molar-refractivity contribution in [3.05, 3.63) is 63.6 Å². The maximum Gasteiger partial charge on any atom is 0.257 e. The number of carbonyl (C=O) groups is 2. The summed E-state index contributed by atoms with van der Waals surface area (Å²) in [6.45, 7) is 3.00. The van der Waals surface area contributed by atoms with E-state index >= 15 is 0 Å². The Morgan fingerprint density at radius 2 is 1.62 bits per heavy atom. The van der Waals surface area contributed by atoms with Crippen LogP contribution in [0.1, 0.15) is 20.7 Å². The number of likely N-dealkylation sites (N-methyl/N-ethyl adjacent to an activating group) is 1. The van der Waals surface area contributed by atoms with Crippen LogP contribution < -0.4 is 10.6 Å². The number of halogens is 2. The van der Waals surface area contributed by atoms with E-state index in [1.807, 2.05) is 11.9 Å². The zero-order valence-electron chi connectivity index (χ0n) is 15.7. The average molecular weight is 451 g/mol. The Kier molecular flexibility index (Phi) is 7.08. The molecule has 0 aromatic heterocycles. The van der Waals surface area contributed by atoms with E-state index in [2.05, 4.69) is 15.5 Å². The molecule has 0 aliphatic carbocycles. The molecule has 3 rings (SSSR count). The number of hydrogen-bond donors (Lipinski definition) is 2. The maximum absolute atomic E-state index is 12.9. The van der Waals surface area contributed by atoms with Crippen LogP contribution in [0.4, 0.5) is 5.69 Å². The largest absolute Gasteiger partial charge is 0.336 e. The van der Waals surface area contributed by atoms with Crippen molar-refractivity contribution in [3.8, 4) is 0 Å². The minimum Gasteiger partial charge on any atom is -0.336 e. The van der Waals surface area contributed by atoms with Gasteiger partial charge in [-0.2, -0.15) is 0 Å². The molecule has 9 heteroatoms. The Balaban J connectivity index is 1.69. The van der Waals surface area contributed by atoms with Crippen molar-refractivity contribution < 1.29 is 9.59 Å². The monoisotopic (exact) mass is 450 g/mol. The third-order valence-electron chi connectivity index (χ3n) is 4.55. The molecule has 1 aliphatic rings. The standard InChI is InChI=1S/C20H20Cl2N4O2S/c1-25-6-8-26(9-7-25)19(28)16-4-2-3-5-17(16)23-20(29)24-18(27)13-10-14(21)12-15(22)11-13/h2-5,10-12H,6-9H2,1H3,(H2,23,24,27,29). The summed E-state index contributed by atoms with van der Waals surface area (Å²) >= 11 is 17.1. The van der Waals surface area contributed by atoms with E-state index in [1.54, 1.807) is 24.3 Å². The Bertz CT molecular complexity index is 926. The van der Waals surface area contributed by atoms with E-state index in [9.17, 15) is 9.59 Å². The summed E-state index contributed by atoms with van der Waals surface area (Å²) in [5, 5.41) is 6.30. The van der Waals surface area contributed by atoms with Crippen LogP contribution in [-0.4, -0.2) is 60.0 Å². The fourth-order valence-electron chi connectivity index (χ4n) is 2.97. The molecule has 29 heavy (non-hydrogen) atoms. The first-order valence-electron chi connectivity index (χ1n) is 8.99. The Hall–Kier alpha value is -2.19. The minimum absolute atomic E-state index is 0.0723. The molecule has 2 aromatic carbocycles. The molecule has 1 fully saturated rings. The summed E-state index contributed by atoms with van der Waals surface area (Å²) in [5.41, 5.74) is 1.32. The molecule has 0 bridgehead atoms. The summed E-state index contributed by atoms with van der Waals surface area (Å²) < 4.78 is 0. The molecule has 6 nitrogen and oxygen atoms in total. The molecule has 2 amide bonds. The molecule has 1 saturated heterocycles. The van der Waals surface area contributed by atoms with Crippen molar-refractivity contribution in [1.29, 1.82) is 0 Å². The number of benzene rings is 2. The molecule has 0 spiro atoms. The highest BCUT2D eigenvalue weighted by atomic mass is 35.5. The topological polar surface area (TPSA) is 64.7 Å². The van der Waals surface area contributed by atoms with E-state index in [0.717, 1.165) is 13.1 Å². The van der Waals surface area contributed by atoms with Crippen LogP contribution in [0.5, 0.6) is 0 Å². The summed E-state index contributed by atoms with van der Waals surface area (Å²) in [6, 6.07) is 11.6. The molecule has 2 aromatic rings. The maximum atomic E-state index is 12.9. The van der Waals surface area contributed by atoms with Crippen LogP contribution in [0.2, 0.25) is 10.0 Å². The van der Waals surface area contributed by atoms with Crippen LogP contribution >= 0.6 is 35.4 Å². The second-order valence-corrected chi connectivity index (χ2v) is 7.99. The molecule has 1 aliphatic heterocycles. The van der Waals surface area contributed by atoms with Gasteiger partial charge in [-0.15, -0.1) is 0 Å². The molecule has 2 N–H and O–H groups in total. The van der Waals surface area contributed by atoms with Gasteiger partial charge in [-0.1, -0.05) is 35.3 Å². The average Bonchev–Trinajstić information content (AvgIpc) is 2.67. The van der Waals surface area contributed by atoms with Crippen molar-refractivity contribution in [2.75, 3.05) is 38.5 Å². The Morgan fingerprint density at radius 1 is 1.00 bits per heavy atom. The van der Waals surface area contributed by atoms with Crippen LogP contribution in [0.15, 0.2) is 42.5 Å². The highest BCUT2D eigenvalue weighted by Gasteiger charge is 2.22. The first-order chi connectivity index (χ1) is 13.8. The van der Waals surface area contributed by atoms with Gasteiger partial charge in [0.05, 0.1) is 11.3 Å². The van der Waals surface area contributed by atoms with Gasteiger partial charge in [0.1, 0.15) is 0 Å². The molecular formula is C20H20Cl2N4O2S. The van der Waals surface area contributed by atoms with Crippen LogP contribution in [0.25, 0.3) is 0 Å². The predicted molar refractivity (Wildman–Crippen MR) is 120 cm³/mol. The highest BCUT2D eigenvalue weighted by Crippen LogP contribution is 2.20. The van der Waals surface area contributed by atoms with Crippen LogP contribution in [0.3, 0.4) is 0 Å². The molecule has 0 saturated carbocycles. The van der Waals surface area contributed by atoms with E-state index < -0.39 is 5.91 Å². The molecule has 0 radical (unpaired) electrons. The molecular weight excluding hydrogens is 431 g/mol. The number of piperazine rings is 1. The van der Waals surface area contributed by atoms with Gasteiger partial charge in [0, 0.05) is 41.8 Å². The van der Waals surface area contributed by atoms with Crippen molar-refractivity contribution in [3.63, 3.8) is 0 Å². The van der Waals surface area contributed by atoms with E-state index in [1.165, 1.54) is 18.2 Å². The molecule has 0 atom stereocenters. The molecule has 152 valence electrons. The lowest BCUT2D eigenvalue weighted by Crippen LogP contribution is -2.47. The number of anilines is 1. The number of amides is 2. The van der Waals surface area contributed by atoms with Crippen LogP contribution in [-0.2, 0) is 0 Å². The van der Waals surface area contributed by atoms with Crippen molar-refractivity contribution in [2.24, 2.45) is 0 Å². The number of carbonyl (C=O) groups excluding carboxylic acids is 2. The van der Waals surface area contributed by atoms with Gasteiger partial charge in [0.2, 0.25) is 0 Å². The van der Waals surface area contributed by atoms with Crippen molar-refractivity contribution in [2.45, 2.75) is 0 Å². The second kappa shape index (κ2) is 9.54. The number of rotatable bonds is 3. The second-order valence-electron chi connectivity index (χ2n) is 6.71. The zero-order valence-corrected chi connectivity index (χ0v) is 18.1. The summed E-state index contributed by atoms with van der Waals surface area (Å²) in [6.07, 6.45) is 0. The summed E-state index contributed by atoms with van der Waals surface area (Å²) in [7, 11) is 2.03. The third-order valence-corrected chi connectivity index (χ3v) is 5.19. The predicted octanol–water partition coefficient (Wildman–Crippen LogP) is 3.51. The van der Waals surface area contributed by atoms with E-state index in [-0.39, 0.29) is 16.6 Å². The van der Waals surface area contributed by atoms with Gasteiger partial charge in [-0.05, 0) is 49.6 Å². The quantitative estimate of drug-likeness (QED) is 0.700. The smallest absolute Gasteiger partial charge is 0.257 e. The Labute approximate surface area is 184 Å². The van der Waals surface area contributed by atoms with Gasteiger partial charge in [-0.25, -0.2) is 0 Å². The van der Waals surface area contributed by atoms with Crippen molar-refractivity contribution >= 4 is 58.0 Å². The minimum atomic E-state index is -0.449. The normalized spacial score (nSPS) is 14.4. The van der Waals surface area contributed by atoms with Gasteiger partial charge in [-0.3, -0.25) is 14.9 Å². The van der Waals surface area contributed by atoms with Gasteiger partial charge < -0.3 is 15.1 Å². The molecule has 1 heterocycles. The number of nitrogens with one attached hydrogen (secondary N) is 2. The van der Waals surface area contributed by atoms with E-state index in [0.29, 0.717) is 34.4 Å². The third kappa shape index (κ3) is 5.67. The first-order valence-corrected chi connectivity index (χ1v) is 10.1. The molecule has 0 unspecified atom stereocenters. The lowest BCUT2D eigenvalue weighted by molar-refractivity contribution is 0.0665. The number of hydrogen-bond acceptors (Lipinski definition) is 4. The number of thiocarbonyl (C=S) groups is 1. The number of nitrogens with zero attached hydrogens (tertiary/aromatic N) is 2. The van der Waals surface area contributed by atoms with Gasteiger partial charge in [0.25, 0.3) is 11.8 Å². The van der Waals surface area contributed by atoms with Crippen LogP contribution in [0, 0.1) is 0 Å². The lowest BCUT2D eigenvalue weighted by Gasteiger charge is -2.32.